The SMILES string of the molecule is Nn1cnc2c(=O)cc[nH]c21. The van der Waals surface area contributed by atoms with E-state index < -0.39 is 0 Å². The highest BCUT2D eigenvalue weighted by atomic mass is 16.1. The van der Waals surface area contributed by atoms with E-state index in [4.69, 9.17) is 5.84 Å². The number of hydrogen-bond donors (Lipinski definition) is 2. The van der Waals surface area contributed by atoms with Crippen LogP contribution in [0.15, 0.2) is 23.4 Å². The van der Waals surface area contributed by atoms with E-state index in [0.717, 1.165) is 0 Å². The summed E-state index contributed by atoms with van der Waals surface area (Å²) in [6.45, 7) is 0. The predicted octanol–water partition coefficient (Wildman–Crippen LogP) is -0.562. The molecule has 0 aliphatic heterocycles. The summed E-state index contributed by atoms with van der Waals surface area (Å²) < 4.78 is 1.27. The number of nitrogen functional groups attached to an aromatic ring is 1. The molecule has 5 nitrogen and oxygen atoms in total. The van der Waals surface area contributed by atoms with Crippen LogP contribution >= 0.6 is 0 Å². The van der Waals surface area contributed by atoms with Gasteiger partial charge in [0.25, 0.3) is 0 Å². The molecule has 0 radical (unpaired) electrons. The Balaban J connectivity index is 3.06. The Morgan fingerprint density at radius 1 is 1.64 bits per heavy atom. The van der Waals surface area contributed by atoms with Crippen molar-refractivity contribution < 1.29 is 0 Å². The van der Waals surface area contributed by atoms with E-state index in [1.165, 1.54) is 23.3 Å². The van der Waals surface area contributed by atoms with E-state index in [2.05, 4.69) is 9.97 Å². The van der Waals surface area contributed by atoms with Gasteiger partial charge in [0.1, 0.15) is 6.33 Å². The maximum atomic E-state index is 11.0. The van der Waals surface area contributed by atoms with Crippen molar-refractivity contribution in [1.82, 2.24) is 14.6 Å². The van der Waals surface area contributed by atoms with E-state index in [-0.39, 0.29) is 5.43 Å². The number of aromatic amines is 1. The molecule has 0 fully saturated rings. The molecule has 0 spiro atoms. The average Bonchev–Trinajstić information content (AvgIpc) is 2.35. The van der Waals surface area contributed by atoms with E-state index in [1.807, 2.05) is 0 Å². The van der Waals surface area contributed by atoms with Gasteiger partial charge in [-0.2, -0.15) is 0 Å². The van der Waals surface area contributed by atoms with Gasteiger partial charge in [0.15, 0.2) is 11.2 Å². The van der Waals surface area contributed by atoms with Crippen LogP contribution in [-0.2, 0) is 0 Å². The average molecular weight is 150 g/mol. The molecule has 0 saturated carbocycles. The van der Waals surface area contributed by atoms with Crippen LogP contribution in [0.1, 0.15) is 0 Å². The van der Waals surface area contributed by atoms with Crippen molar-refractivity contribution in [3.05, 3.63) is 28.8 Å². The Bertz CT molecular complexity index is 441. The zero-order chi connectivity index (χ0) is 7.84. The summed E-state index contributed by atoms with van der Waals surface area (Å²) in [5.41, 5.74) is 0.787. The molecule has 0 bridgehead atoms. The van der Waals surface area contributed by atoms with Gasteiger partial charge in [-0.3, -0.25) is 4.79 Å². The fourth-order valence-corrected chi connectivity index (χ4v) is 0.960. The van der Waals surface area contributed by atoms with Gasteiger partial charge < -0.3 is 10.8 Å². The van der Waals surface area contributed by atoms with Crippen LogP contribution in [0.5, 0.6) is 0 Å². The van der Waals surface area contributed by atoms with Gasteiger partial charge in [0.2, 0.25) is 5.43 Å². The van der Waals surface area contributed by atoms with E-state index in [9.17, 15) is 4.79 Å². The van der Waals surface area contributed by atoms with Crippen molar-refractivity contribution in [3.8, 4) is 0 Å². The summed E-state index contributed by atoms with van der Waals surface area (Å²) in [7, 11) is 0. The van der Waals surface area contributed by atoms with Crippen molar-refractivity contribution >= 4 is 11.2 Å². The first kappa shape index (κ1) is 5.96. The summed E-state index contributed by atoms with van der Waals surface area (Å²) in [4.78, 5) is 17.7. The minimum atomic E-state index is -0.122. The fourth-order valence-electron chi connectivity index (χ4n) is 0.960. The molecule has 3 N–H and O–H groups in total. The second kappa shape index (κ2) is 1.85. The van der Waals surface area contributed by atoms with Gasteiger partial charge in [0, 0.05) is 12.3 Å². The smallest absolute Gasteiger partial charge is 0.209 e. The second-order valence-corrected chi connectivity index (χ2v) is 2.19. The number of imidazole rings is 1. The Hall–Kier alpha value is -1.78. The Labute approximate surface area is 61.4 Å². The summed E-state index contributed by atoms with van der Waals surface area (Å²) in [6, 6.07) is 1.41. The number of hydrogen-bond acceptors (Lipinski definition) is 3. The predicted molar refractivity (Wildman–Crippen MR) is 40.5 cm³/mol. The molecule has 0 saturated heterocycles. The van der Waals surface area contributed by atoms with E-state index in [0.29, 0.717) is 11.2 Å². The molecule has 0 atom stereocenters. The molecule has 0 amide bonds. The normalized spacial score (nSPS) is 10.5. The lowest BCUT2D eigenvalue weighted by molar-refractivity contribution is 1.01. The van der Waals surface area contributed by atoms with E-state index >= 15 is 0 Å². The van der Waals surface area contributed by atoms with Gasteiger partial charge in [-0.05, 0) is 0 Å². The number of nitrogens with two attached hydrogens (primary N) is 1. The van der Waals surface area contributed by atoms with Crippen molar-refractivity contribution in [3.63, 3.8) is 0 Å². The zero-order valence-electron chi connectivity index (χ0n) is 5.61. The van der Waals surface area contributed by atoms with Gasteiger partial charge in [-0.25, -0.2) is 9.66 Å². The molecule has 56 valence electrons. The van der Waals surface area contributed by atoms with Crippen molar-refractivity contribution in [2.24, 2.45) is 0 Å². The van der Waals surface area contributed by atoms with Crippen LogP contribution in [0.2, 0.25) is 0 Å². The molecule has 2 aromatic rings. The summed E-state index contributed by atoms with van der Waals surface area (Å²) in [6.07, 6.45) is 2.93. The molecule has 0 unspecified atom stereocenters. The van der Waals surface area contributed by atoms with Crippen LogP contribution in [0.4, 0.5) is 0 Å². The third-order valence-corrected chi connectivity index (χ3v) is 1.48. The summed E-state index contributed by atoms with van der Waals surface area (Å²) >= 11 is 0. The monoisotopic (exact) mass is 150 g/mol. The van der Waals surface area contributed by atoms with Crippen molar-refractivity contribution in [2.45, 2.75) is 0 Å². The lowest BCUT2D eigenvalue weighted by atomic mass is 10.4. The zero-order valence-corrected chi connectivity index (χ0v) is 5.61. The number of pyridine rings is 1. The fraction of sp³-hybridized carbons (Fsp3) is 0. The Morgan fingerprint density at radius 2 is 2.45 bits per heavy atom. The molecule has 0 aromatic carbocycles. The van der Waals surface area contributed by atoms with Gasteiger partial charge in [-0.1, -0.05) is 0 Å². The second-order valence-electron chi connectivity index (χ2n) is 2.19. The third-order valence-electron chi connectivity index (χ3n) is 1.48. The van der Waals surface area contributed by atoms with E-state index in [1.54, 1.807) is 0 Å². The van der Waals surface area contributed by atoms with Crippen LogP contribution in [0.3, 0.4) is 0 Å². The van der Waals surface area contributed by atoms with Crippen LogP contribution in [0.25, 0.3) is 11.2 Å². The molecule has 2 heterocycles. The lowest BCUT2D eigenvalue weighted by Crippen LogP contribution is -2.08. The molecule has 5 heteroatoms. The molecule has 11 heavy (non-hydrogen) atoms. The highest BCUT2D eigenvalue weighted by Gasteiger charge is 2.01. The lowest BCUT2D eigenvalue weighted by Gasteiger charge is -1.90. The molecule has 2 rings (SSSR count). The number of rotatable bonds is 0. The van der Waals surface area contributed by atoms with Gasteiger partial charge in [0.05, 0.1) is 0 Å². The summed E-state index contributed by atoms with van der Waals surface area (Å²) in [5, 5.41) is 0. The first-order valence-electron chi connectivity index (χ1n) is 3.09. The minimum absolute atomic E-state index is 0.122. The van der Waals surface area contributed by atoms with Crippen molar-refractivity contribution in [1.29, 1.82) is 0 Å². The maximum absolute atomic E-state index is 11.0. The highest BCUT2D eigenvalue weighted by Crippen LogP contribution is 1.98. The molecular weight excluding hydrogens is 144 g/mol. The third kappa shape index (κ3) is 0.706. The Kier molecular flexibility index (Phi) is 1.00. The first-order valence-corrected chi connectivity index (χ1v) is 3.09. The topological polar surface area (TPSA) is 76.7 Å². The van der Waals surface area contributed by atoms with Crippen molar-refractivity contribution in [2.75, 3.05) is 5.84 Å². The first-order chi connectivity index (χ1) is 5.29. The maximum Gasteiger partial charge on any atom is 0.209 e. The largest absolute Gasteiger partial charge is 0.345 e. The molecular formula is C6H6N4O. The van der Waals surface area contributed by atoms with Gasteiger partial charge >= 0.3 is 0 Å². The summed E-state index contributed by atoms with van der Waals surface area (Å²) in [5.74, 6) is 5.43. The van der Waals surface area contributed by atoms with Crippen LogP contribution in [-0.4, -0.2) is 14.6 Å². The molecule has 0 aliphatic rings. The van der Waals surface area contributed by atoms with Gasteiger partial charge in [-0.15, -0.1) is 0 Å². The molecule has 2 aromatic heterocycles. The number of aromatic nitrogens is 3. The quantitative estimate of drug-likeness (QED) is 0.494. The van der Waals surface area contributed by atoms with Crippen LogP contribution in [0, 0.1) is 0 Å². The Morgan fingerprint density at radius 3 is 3.18 bits per heavy atom. The number of H-pyrrole nitrogens is 1. The standard InChI is InChI=1S/C6H6N4O/c7-10-3-9-5-4(11)1-2-8-6(5)10/h1-3H,7H2,(H,8,11). The number of nitrogens with one attached hydrogen (secondary N) is 1. The molecule has 0 aliphatic carbocycles. The number of fused-ring (bicyclic) bond motifs is 1. The number of nitrogens with zero attached hydrogens (tertiary/aromatic N) is 2. The highest BCUT2D eigenvalue weighted by molar-refractivity contribution is 5.69. The van der Waals surface area contributed by atoms with Crippen LogP contribution < -0.4 is 11.3 Å². The minimum Gasteiger partial charge on any atom is -0.345 e.